The van der Waals surface area contributed by atoms with Crippen molar-refractivity contribution < 1.29 is 28.2 Å². The smallest absolute Gasteiger partial charge is 0.293 e. The highest BCUT2D eigenvalue weighted by Crippen LogP contribution is 2.36. The standard InChI is InChI=1S/C26H21ClN2O6/c1-26(2,35-17-10-7-15(27)8-11-17)25(31)29-22-18-5-3-4-6-19(18)34-23(22)24(30)28-16-9-12-20-21(13-16)33-14-32-20/h3-13H,14H2,1-2H3,(H,28,30)(H,29,31). The molecule has 1 aliphatic rings. The Balaban J connectivity index is 1.41. The Hall–Kier alpha value is -4.17. The monoisotopic (exact) mass is 492 g/mol. The third kappa shape index (κ3) is 4.61. The molecule has 0 unspecified atom stereocenters. The molecule has 0 atom stereocenters. The van der Waals surface area contributed by atoms with Crippen LogP contribution in [-0.2, 0) is 4.79 Å². The van der Waals surface area contributed by atoms with Crippen molar-refractivity contribution in [1.29, 1.82) is 0 Å². The Labute approximate surface area is 205 Å². The van der Waals surface area contributed by atoms with Gasteiger partial charge in [0.1, 0.15) is 17.0 Å². The lowest BCUT2D eigenvalue weighted by Crippen LogP contribution is -2.42. The summed E-state index contributed by atoms with van der Waals surface area (Å²) in [5.74, 6) is 0.569. The van der Waals surface area contributed by atoms with Gasteiger partial charge in [-0.1, -0.05) is 23.7 Å². The lowest BCUT2D eigenvalue weighted by Gasteiger charge is -2.25. The third-order valence-corrected chi connectivity index (χ3v) is 5.66. The first kappa shape index (κ1) is 22.6. The van der Waals surface area contributed by atoms with Crippen LogP contribution in [0.3, 0.4) is 0 Å². The molecule has 0 bridgehead atoms. The minimum atomic E-state index is -1.27. The summed E-state index contributed by atoms with van der Waals surface area (Å²) in [6.45, 7) is 3.39. The maximum absolute atomic E-state index is 13.2. The average molecular weight is 493 g/mol. The van der Waals surface area contributed by atoms with E-state index in [1.165, 1.54) is 0 Å². The number of carbonyl (C=O) groups excluding carboxylic acids is 2. The lowest BCUT2D eigenvalue weighted by atomic mass is 10.1. The molecular formula is C26H21ClN2O6. The van der Waals surface area contributed by atoms with Gasteiger partial charge in [-0.2, -0.15) is 0 Å². The molecule has 2 N–H and O–H groups in total. The van der Waals surface area contributed by atoms with Crippen molar-refractivity contribution in [2.45, 2.75) is 19.4 Å². The molecular weight excluding hydrogens is 472 g/mol. The normalized spacial score (nSPS) is 12.4. The zero-order valence-corrected chi connectivity index (χ0v) is 19.6. The molecule has 1 aromatic heterocycles. The van der Waals surface area contributed by atoms with Gasteiger partial charge in [-0.15, -0.1) is 0 Å². The number of amides is 2. The van der Waals surface area contributed by atoms with Gasteiger partial charge in [0, 0.05) is 22.2 Å². The van der Waals surface area contributed by atoms with Gasteiger partial charge in [-0.05, 0) is 62.4 Å². The van der Waals surface area contributed by atoms with Gasteiger partial charge in [0.15, 0.2) is 17.1 Å². The zero-order chi connectivity index (χ0) is 24.6. The molecule has 0 spiro atoms. The molecule has 2 heterocycles. The quantitative estimate of drug-likeness (QED) is 0.349. The molecule has 0 aliphatic carbocycles. The summed E-state index contributed by atoms with van der Waals surface area (Å²) < 4.78 is 22.4. The van der Waals surface area contributed by atoms with Gasteiger partial charge < -0.3 is 29.3 Å². The van der Waals surface area contributed by atoms with Gasteiger partial charge in [-0.25, -0.2) is 0 Å². The Morgan fingerprint density at radius 3 is 2.49 bits per heavy atom. The first-order valence-corrected chi connectivity index (χ1v) is 11.2. The first-order chi connectivity index (χ1) is 16.8. The van der Waals surface area contributed by atoms with E-state index in [2.05, 4.69) is 10.6 Å². The van der Waals surface area contributed by atoms with E-state index in [0.29, 0.717) is 38.9 Å². The molecule has 0 saturated carbocycles. The number of anilines is 2. The fraction of sp³-hybridized carbons (Fsp3) is 0.154. The van der Waals surface area contributed by atoms with Crippen LogP contribution in [0.4, 0.5) is 11.4 Å². The van der Waals surface area contributed by atoms with Gasteiger partial charge in [0.05, 0.1) is 0 Å². The zero-order valence-electron chi connectivity index (χ0n) is 18.9. The number of ether oxygens (including phenoxy) is 3. The molecule has 0 fully saturated rings. The predicted molar refractivity (Wildman–Crippen MR) is 132 cm³/mol. The average Bonchev–Trinajstić information content (AvgIpc) is 3.45. The molecule has 4 aromatic rings. The summed E-state index contributed by atoms with van der Waals surface area (Å²) in [6.07, 6.45) is 0. The van der Waals surface area contributed by atoms with E-state index in [-0.39, 0.29) is 18.2 Å². The number of benzene rings is 3. The maximum Gasteiger partial charge on any atom is 0.293 e. The highest BCUT2D eigenvalue weighted by molar-refractivity contribution is 6.30. The lowest BCUT2D eigenvalue weighted by molar-refractivity contribution is -0.128. The molecule has 1 aliphatic heterocycles. The maximum atomic E-state index is 13.2. The summed E-state index contributed by atoms with van der Waals surface area (Å²) in [6, 6.07) is 18.8. The van der Waals surface area contributed by atoms with Gasteiger partial charge in [-0.3, -0.25) is 9.59 Å². The highest BCUT2D eigenvalue weighted by atomic mass is 35.5. The number of rotatable bonds is 6. The summed E-state index contributed by atoms with van der Waals surface area (Å²) in [5, 5.41) is 6.75. The van der Waals surface area contributed by atoms with Gasteiger partial charge in [0.2, 0.25) is 12.6 Å². The number of nitrogens with one attached hydrogen (secondary N) is 2. The van der Waals surface area contributed by atoms with E-state index < -0.39 is 17.4 Å². The van der Waals surface area contributed by atoms with Crippen LogP contribution in [0.1, 0.15) is 24.4 Å². The summed E-state index contributed by atoms with van der Waals surface area (Å²) in [5.41, 5.74) is -0.0767. The van der Waals surface area contributed by atoms with Crippen molar-refractivity contribution in [3.8, 4) is 17.2 Å². The number of furan rings is 1. The molecule has 8 nitrogen and oxygen atoms in total. The highest BCUT2D eigenvalue weighted by Gasteiger charge is 2.33. The van der Waals surface area contributed by atoms with Crippen molar-refractivity contribution in [2.75, 3.05) is 17.4 Å². The van der Waals surface area contributed by atoms with E-state index >= 15 is 0 Å². The molecule has 3 aromatic carbocycles. The van der Waals surface area contributed by atoms with Crippen LogP contribution < -0.4 is 24.8 Å². The molecule has 178 valence electrons. The van der Waals surface area contributed by atoms with E-state index in [1.54, 1.807) is 80.6 Å². The van der Waals surface area contributed by atoms with Crippen LogP contribution in [0.2, 0.25) is 5.02 Å². The predicted octanol–water partition coefficient (Wildman–Crippen LogP) is 5.86. The van der Waals surface area contributed by atoms with Crippen LogP contribution in [0, 0.1) is 0 Å². The van der Waals surface area contributed by atoms with Crippen molar-refractivity contribution in [3.63, 3.8) is 0 Å². The first-order valence-electron chi connectivity index (χ1n) is 10.8. The Kier molecular flexibility index (Phi) is 5.74. The van der Waals surface area contributed by atoms with Crippen LogP contribution >= 0.6 is 11.6 Å². The topological polar surface area (TPSA) is 99.0 Å². The number of para-hydroxylation sites is 1. The molecule has 5 rings (SSSR count). The van der Waals surface area contributed by atoms with E-state index in [1.807, 2.05) is 0 Å². The van der Waals surface area contributed by atoms with Crippen molar-refractivity contribution in [2.24, 2.45) is 0 Å². The summed E-state index contributed by atoms with van der Waals surface area (Å²) in [4.78, 5) is 26.4. The minimum Gasteiger partial charge on any atom is -0.478 e. The molecule has 0 radical (unpaired) electrons. The molecule has 9 heteroatoms. The van der Waals surface area contributed by atoms with Crippen LogP contribution in [0.15, 0.2) is 71.1 Å². The van der Waals surface area contributed by atoms with Crippen molar-refractivity contribution in [1.82, 2.24) is 0 Å². The number of halogens is 1. The second-order valence-electron chi connectivity index (χ2n) is 8.34. The van der Waals surface area contributed by atoms with E-state index in [4.69, 9.17) is 30.2 Å². The minimum absolute atomic E-state index is 0.0421. The van der Waals surface area contributed by atoms with Gasteiger partial charge in [0.25, 0.3) is 11.8 Å². The Morgan fingerprint density at radius 2 is 1.69 bits per heavy atom. The molecule has 35 heavy (non-hydrogen) atoms. The fourth-order valence-electron chi connectivity index (χ4n) is 3.60. The largest absolute Gasteiger partial charge is 0.478 e. The van der Waals surface area contributed by atoms with E-state index in [9.17, 15) is 9.59 Å². The number of fused-ring (bicyclic) bond motifs is 2. The van der Waals surface area contributed by atoms with Gasteiger partial charge >= 0.3 is 0 Å². The third-order valence-electron chi connectivity index (χ3n) is 5.40. The van der Waals surface area contributed by atoms with Crippen LogP contribution in [0.5, 0.6) is 17.2 Å². The molecule has 2 amide bonds. The van der Waals surface area contributed by atoms with Crippen LogP contribution in [-0.4, -0.2) is 24.2 Å². The molecule has 0 saturated heterocycles. The summed E-state index contributed by atoms with van der Waals surface area (Å²) in [7, 11) is 0. The second-order valence-corrected chi connectivity index (χ2v) is 8.78. The Bertz CT molecular complexity index is 1430. The summed E-state index contributed by atoms with van der Waals surface area (Å²) >= 11 is 5.93. The number of hydrogen-bond acceptors (Lipinski definition) is 6. The number of carbonyl (C=O) groups is 2. The Morgan fingerprint density at radius 1 is 0.943 bits per heavy atom. The van der Waals surface area contributed by atoms with E-state index in [0.717, 1.165) is 0 Å². The second kappa shape index (κ2) is 8.88. The number of hydrogen-bond donors (Lipinski definition) is 2. The fourth-order valence-corrected chi connectivity index (χ4v) is 3.73. The van der Waals surface area contributed by atoms with Crippen LogP contribution in [0.25, 0.3) is 11.0 Å². The van der Waals surface area contributed by atoms with Crippen molar-refractivity contribution >= 4 is 45.8 Å². The SMILES string of the molecule is CC(C)(Oc1ccc(Cl)cc1)C(=O)Nc1c(C(=O)Nc2ccc3c(c2)OCO3)oc2ccccc12. The van der Waals surface area contributed by atoms with Crippen molar-refractivity contribution in [3.05, 3.63) is 77.5 Å².